The Hall–Kier alpha value is -1.53. The maximum absolute atomic E-state index is 12.5. The number of alkyl halides is 3. The normalized spacial score (nSPS) is 16.0. The fraction of sp³-hybridized carbons (Fsp3) is 0.600. The molecular formula is C10H11F3N2O2. The van der Waals surface area contributed by atoms with Gasteiger partial charge in [0.15, 0.2) is 5.69 Å². The lowest BCUT2D eigenvalue weighted by atomic mass is 10.2. The number of methoxy groups -OCH3 is 1. The fourth-order valence-corrected chi connectivity index (χ4v) is 1.59. The minimum absolute atomic E-state index is 0.0863. The van der Waals surface area contributed by atoms with Crippen molar-refractivity contribution < 1.29 is 22.7 Å². The Kier molecular flexibility index (Phi) is 2.84. The summed E-state index contributed by atoms with van der Waals surface area (Å²) in [5.74, 6) is -0.521. The Labute approximate surface area is 95.4 Å². The zero-order valence-corrected chi connectivity index (χ0v) is 9.12. The molecule has 17 heavy (non-hydrogen) atoms. The summed E-state index contributed by atoms with van der Waals surface area (Å²) in [6.45, 7) is -0.279. The Bertz CT molecular complexity index is 435. The first-order valence-corrected chi connectivity index (χ1v) is 5.13. The van der Waals surface area contributed by atoms with Gasteiger partial charge < -0.3 is 4.74 Å². The molecule has 2 rings (SSSR count). The number of aromatic nitrogens is 2. The van der Waals surface area contributed by atoms with Crippen molar-refractivity contribution in [1.29, 1.82) is 0 Å². The van der Waals surface area contributed by atoms with Gasteiger partial charge in [0, 0.05) is 11.6 Å². The second-order valence-corrected chi connectivity index (χ2v) is 3.96. The van der Waals surface area contributed by atoms with Crippen LogP contribution in [-0.2, 0) is 22.3 Å². The molecule has 0 radical (unpaired) electrons. The summed E-state index contributed by atoms with van der Waals surface area (Å²) < 4.78 is 43.0. The molecule has 4 nitrogen and oxygen atoms in total. The van der Waals surface area contributed by atoms with Crippen LogP contribution in [0.4, 0.5) is 13.2 Å². The highest BCUT2D eigenvalue weighted by molar-refractivity contribution is 5.69. The molecule has 1 heterocycles. The summed E-state index contributed by atoms with van der Waals surface area (Å²) in [7, 11) is 1.19. The van der Waals surface area contributed by atoms with Crippen LogP contribution in [0.25, 0.3) is 0 Å². The number of ether oxygens (including phenoxy) is 1. The predicted molar refractivity (Wildman–Crippen MR) is 51.2 cm³/mol. The summed E-state index contributed by atoms with van der Waals surface area (Å²) in [6.07, 6.45) is -2.81. The average molecular weight is 248 g/mol. The molecule has 7 heteroatoms. The third kappa shape index (κ3) is 2.59. The lowest BCUT2D eigenvalue weighted by Gasteiger charge is -2.04. The van der Waals surface area contributed by atoms with E-state index in [2.05, 4.69) is 9.84 Å². The first kappa shape index (κ1) is 11.9. The molecule has 94 valence electrons. The number of esters is 1. The van der Waals surface area contributed by atoms with Crippen molar-refractivity contribution in [2.75, 3.05) is 7.11 Å². The molecule has 1 fully saturated rings. The van der Waals surface area contributed by atoms with E-state index in [-0.39, 0.29) is 12.5 Å². The Morgan fingerprint density at radius 3 is 2.71 bits per heavy atom. The SMILES string of the molecule is COC(=O)Cn1nc(C(F)(F)F)cc1C1CC1. The van der Waals surface area contributed by atoms with Gasteiger partial charge >= 0.3 is 12.1 Å². The molecule has 0 atom stereocenters. The number of nitrogens with zero attached hydrogens (tertiary/aromatic N) is 2. The average Bonchev–Trinajstić information content (AvgIpc) is 2.99. The van der Waals surface area contributed by atoms with Crippen molar-refractivity contribution in [2.45, 2.75) is 31.5 Å². The second kappa shape index (κ2) is 4.05. The summed E-state index contributed by atoms with van der Waals surface area (Å²) in [4.78, 5) is 11.1. The number of carbonyl (C=O) groups excluding carboxylic acids is 1. The molecule has 1 aliphatic carbocycles. The van der Waals surface area contributed by atoms with Crippen molar-refractivity contribution in [1.82, 2.24) is 9.78 Å². The summed E-state index contributed by atoms with van der Waals surface area (Å²) >= 11 is 0. The van der Waals surface area contributed by atoms with Crippen LogP contribution in [0.5, 0.6) is 0 Å². The Morgan fingerprint density at radius 2 is 2.24 bits per heavy atom. The molecule has 1 aliphatic rings. The van der Waals surface area contributed by atoms with Gasteiger partial charge in [-0.1, -0.05) is 0 Å². The van der Waals surface area contributed by atoms with E-state index < -0.39 is 17.8 Å². The van der Waals surface area contributed by atoms with E-state index in [1.54, 1.807) is 0 Å². The predicted octanol–water partition coefficient (Wildman–Crippen LogP) is 1.95. The van der Waals surface area contributed by atoms with Crippen LogP contribution in [0, 0.1) is 0 Å². The molecule has 0 N–H and O–H groups in total. The van der Waals surface area contributed by atoms with E-state index in [9.17, 15) is 18.0 Å². The molecule has 0 saturated heterocycles. The van der Waals surface area contributed by atoms with Gasteiger partial charge in [0.05, 0.1) is 7.11 Å². The van der Waals surface area contributed by atoms with Crippen molar-refractivity contribution in [3.63, 3.8) is 0 Å². The third-order valence-electron chi connectivity index (χ3n) is 2.60. The molecule has 0 unspecified atom stereocenters. The van der Waals surface area contributed by atoms with Crippen molar-refractivity contribution in [2.24, 2.45) is 0 Å². The van der Waals surface area contributed by atoms with Crippen LogP contribution in [0.15, 0.2) is 6.07 Å². The van der Waals surface area contributed by atoms with Crippen LogP contribution >= 0.6 is 0 Å². The number of hydrogen-bond donors (Lipinski definition) is 0. The van der Waals surface area contributed by atoms with Crippen LogP contribution in [0.2, 0.25) is 0 Å². The zero-order valence-electron chi connectivity index (χ0n) is 9.12. The molecule has 0 bridgehead atoms. The lowest BCUT2D eigenvalue weighted by Crippen LogP contribution is -2.15. The molecule has 1 saturated carbocycles. The second-order valence-electron chi connectivity index (χ2n) is 3.96. The molecule has 0 aromatic carbocycles. The van der Waals surface area contributed by atoms with E-state index in [4.69, 9.17) is 0 Å². The lowest BCUT2D eigenvalue weighted by molar-refractivity contribution is -0.144. The van der Waals surface area contributed by atoms with Crippen molar-refractivity contribution >= 4 is 5.97 Å². The van der Waals surface area contributed by atoms with E-state index in [0.717, 1.165) is 23.6 Å². The maximum Gasteiger partial charge on any atom is 0.435 e. The van der Waals surface area contributed by atoms with Gasteiger partial charge in [0.2, 0.25) is 0 Å². The van der Waals surface area contributed by atoms with Gasteiger partial charge in [0.1, 0.15) is 6.54 Å². The fourth-order valence-electron chi connectivity index (χ4n) is 1.59. The highest BCUT2D eigenvalue weighted by Crippen LogP contribution is 2.42. The Morgan fingerprint density at radius 1 is 1.59 bits per heavy atom. The molecule has 0 aliphatic heterocycles. The number of rotatable bonds is 3. The Balaban J connectivity index is 2.29. The van der Waals surface area contributed by atoms with Crippen LogP contribution in [0.3, 0.4) is 0 Å². The smallest absolute Gasteiger partial charge is 0.435 e. The topological polar surface area (TPSA) is 44.1 Å². The standard InChI is InChI=1S/C10H11F3N2O2/c1-17-9(16)5-15-7(6-2-3-6)4-8(14-15)10(11,12)13/h4,6H,2-3,5H2,1H3. The van der Waals surface area contributed by atoms with Crippen molar-refractivity contribution in [3.8, 4) is 0 Å². The van der Waals surface area contributed by atoms with E-state index in [1.165, 1.54) is 7.11 Å². The highest BCUT2D eigenvalue weighted by Gasteiger charge is 2.38. The first-order valence-electron chi connectivity index (χ1n) is 5.13. The van der Waals surface area contributed by atoms with Gasteiger partial charge in [-0.2, -0.15) is 18.3 Å². The number of carbonyl (C=O) groups is 1. The summed E-state index contributed by atoms with van der Waals surface area (Å²) in [5, 5.41) is 3.42. The minimum atomic E-state index is -4.48. The highest BCUT2D eigenvalue weighted by atomic mass is 19.4. The summed E-state index contributed by atoms with van der Waals surface area (Å²) in [5.41, 5.74) is -0.494. The molecule has 0 spiro atoms. The van der Waals surface area contributed by atoms with Gasteiger partial charge in [-0.3, -0.25) is 9.48 Å². The summed E-state index contributed by atoms with van der Waals surface area (Å²) in [6, 6.07) is 1.01. The number of hydrogen-bond acceptors (Lipinski definition) is 3. The van der Waals surface area contributed by atoms with Gasteiger partial charge in [-0.05, 0) is 18.9 Å². The largest absolute Gasteiger partial charge is 0.468 e. The molecule has 1 aromatic heterocycles. The monoisotopic (exact) mass is 248 g/mol. The maximum atomic E-state index is 12.5. The van der Waals surface area contributed by atoms with E-state index in [0.29, 0.717) is 5.69 Å². The molecule has 0 amide bonds. The minimum Gasteiger partial charge on any atom is -0.468 e. The van der Waals surface area contributed by atoms with Crippen LogP contribution < -0.4 is 0 Å². The van der Waals surface area contributed by atoms with Crippen molar-refractivity contribution in [3.05, 3.63) is 17.5 Å². The third-order valence-corrected chi connectivity index (χ3v) is 2.60. The van der Waals surface area contributed by atoms with Gasteiger partial charge in [0.25, 0.3) is 0 Å². The van der Waals surface area contributed by atoms with Gasteiger partial charge in [-0.25, -0.2) is 0 Å². The first-order chi connectivity index (χ1) is 7.91. The van der Waals surface area contributed by atoms with E-state index >= 15 is 0 Å². The van der Waals surface area contributed by atoms with Gasteiger partial charge in [-0.15, -0.1) is 0 Å². The quantitative estimate of drug-likeness (QED) is 0.768. The molecule has 1 aromatic rings. The number of halogens is 3. The molecular weight excluding hydrogens is 237 g/mol. The van der Waals surface area contributed by atoms with Crippen LogP contribution in [-0.4, -0.2) is 22.9 Å². The van der Waals surface area contributed by atoms with Crippen LogP contribution in [0.1, 0.15) is 30.1 Å². The van der Waals surface area contributed by atoms with E-state index in [1.807, 2.05) is 0 Å². The zero-order chi connectivity index (χ0) is 12.6.